The summed E-state index contributed by atoms with van der Waals surface area (Å²) in [4.78, 5) is 0. The Morgan fingerprint density at radius 3 is 2.52 bits per heavy atom. The Labute approximate surface area is 136 Å². The van der Waals surface area contributed by atoms with Crippen LogP contribution in [0.3, 0.4) is 0 Å². The van der Waals surface area contributed by atoms with E-state index >= 15 is 0 Å². The zero-order chi connectivity index (χ0) is 15.2. The number of para-hydroxylation sites is 1. The highest BCUT2D eigenvalue weighted by atomic mass is 35.5. The smallest absolute Gasteiger partial charge is 0.124 e. The van der Waals surface area contributed by atoms with Crippen LogP contribution < -0.4 is 10.1 Å². The van der Waals surface area contributed by atoms with Crippen LogP contribution in [-0.4, -0.2) is 7.05 Å². The van der Waals surface area contributed by atoms with E-state index in [1.165, 1.54) is 5.56 Å². The number of halogens is 2. The largest absolute Gasteiger partial charge is 0.489 e. The first-order valence-corrected chi connectivity index (χ1v) is 7.74. The molecular formula is C17H19Cl2NO. The fourth-order valence-corrected chi connectivity index (χ4v) is 2.59. The highest BCUT2D eigenvalue weighted by molar-refractivity contribution is 6.42. The SMILES string of the molecule is CCC(NC)c1ccccc1OCc1ccc(Cl)c(Cl)c1. The van der Waals surface area contributed by atoms with Crippen molar-refractivity contribution in [1.82, 2.24) is 5.32 Å². The summed E-state index contributed by atoms with van der Waals surface area (Å²) in [5.74, 6) is 0.893. The minimum Gasteiger partial charge on any atom is -0.489 e. The normalized spacial score (nSPS) is 12.2. The van der Waals surface area contributed by atoms with Gasteiger partial charge in [-0.15, -0.1) is 0 Å². The van der Waals surface area contributed by atoms with Gasteiger partial charge in [0.05, 0.1) is 10.0 Å². The summed E-state index contributed by atoms with van der Waals surface area (Å²) < 4.78 is 5.96. The van der Waals surface area contributed by atoms with Gasteiger partial charge in [0.2, 0.25) is 0 Å². The third kappa shape index (κ3) is 4.13. The number of rotatable bonds is 6. The summed E-state index contributed by atoms with van der Waals surface area (Å²) in [5, 5.41) is 4.41. The summed E-state index contributed by atoms with van der Waals surface area (Å²) >= 11 is 11.9. The molecule has 0 spiro atoms. The van der Waals surface area contributed by atoms with Crippen LogP contribution in [0.15, 0.2) is 42.5 Å². The molecule has 0 aromatic heterocycles. The Bertz CT molecular complexity index is 597. The van der Waals surface area contributed by atoms with E-state index in [0.29, 0.717) is 16.7 Å². The third-order valence-corrected chi connectivity index (χ3v) is 4.17. The van der Waals surface area contributed by atoms with Crippen LogP contribution in [-0.2, 0) is 6.61 Å². The second-order valence-electron chi connectivity index (χ2n) is 4.82. The maximum atomic E-state index is 6.02. The molecule has 0 aliphatic rings. The topological polar surface area (TPSA) is 21.3 Å². The second kappa shape index (κ2) is 7.69. The first kappa shape index (κ1) is 16.2. The van der Waals surface area contributed by atoms with Crippen LogP contribution in [0.2, 0.25) is 10.0 Å². The Balaban J connectivity index is 2.14. The van der Waals surface area contributed by atoms with E-state index in [4.69, 9.17) is 27.9 Å². The molecule has 2 rings (SSSR count). The predicted octanol–water partition coefficient (Wildman–Crippen LogP) is 5.24. The minimum absolute atomic E-state index is 0.287. The monoisotopic (exact) mass is 323 g/mol. The number of hydrogen-bond donors (Lipinski definition) is 1. The number of nitrogens with one attached hydrogen (secondary N) is 1. The van der Waals surface area contributed by atoms with Crippen LogP contribution in [0.4, 0.5) is 0 Å². The first-order valence-electron chi connectivity index (χ1n) is 6.98. The van der Waals surface area contributed by atoms with Crippen molar-refractivity contribution in [2.24, 2.45) is 0 Å². The molecule has 21 heavy (non-hydrogen) atoms. The molecule has 2 nitrogen and oxygen atoms in total. The molecule has 4 heteroatoms. The molecule has 1 unspecified atom stereocenters. The van der Waals surface area contributed by atoms with E-state index in [1.54, 1.807) is 6.07 Å². The van der Waals surface area contributed by atoms with Gasteiger partial charge in [0, 0.05) is 11.6 Å². The lowest BCUT2D eigenvalue weighted by Gasteiger charge is -2.18. The molecule has 0 aliphatic carbocycles. The lowest BCUT2D eigenvalue weighted by atomic mass is 10.0. The molecule has 1 N–H and O–H groups in total. The van der Waals surface area contributed by atoms with Gasteiger partial charge >= 0.3 is 0 Å². The van der Waals surface area contributed by atoms with Gasteiger partial charge in [0.25, 0.3) is 0 Å². The maximum Gasteiger partial charge on any atom is 0.124 e. The number of ether oxygens (including phenoxy) is 1. The second-order valence-corrected chi connectivity index (χ2v) is 5.64. The lowest BCUT2D eigenvalue weighted by Crippen LogP contribution is -2.16. The fourth-order valence-electron chi connectivity index (χ4n) is 2.27. The van der Waals surface area contributed by atoms with E-state index in [-0.39, 0.29) is 6.04 Å². The van der Waals surface area contributed by atoms with E-state index < -0.39 is 0 Å². The van der Waals surface area contributed by atoms with Crippen molar-refractivity contribution in [2.75, 3.05) is 7.05 Å². The van der Waals surface area contributed by atoms with Gasteiger partial charge in [-0.1, -0.05) is 54.4 Å². The van der Waals surface area contributed by atoms with Crippen molar-refractivity contribution >= 4 is 23.2 Å². The van der Waals surface area contributed by atoms with Crippen LogP contribution in [0.1, 0.15) is 30.5 Å². The van der Waals surface area contributed by atoms with Crippen LogP contribution >= 0.6 is 23.2 Å². The van der Waals surface area contributed by atoms with Crippen molar-refractivity contribution in [3.8, 4) is 5.75 Å². The van der Waals surface area contributed by atoms with Gasteiger partial charge in [-0.25, -0.2) is 0 Å². The van der Waals surface area contributed by atoms with Crippen molar-refractivity contribution in [3.05, 3.63) is 63.6 Å². The summed E-state index contributed by atoms with van der Waals surface area (Å²) in [6.07, 6.45) is 1.00. The molecule has 112 valence electrons. The van der Waals surface area contributed by atoms with Gasteiger partial charge in [0.1, 0.15) is 12.4 Å². The molecule has 0 bridgehead atoms. The Hall–Kier alpha value is -1.22. The fraction of sp³-hybridized carbons (Fsp3) is 0.294. The van der Waals surface area contributed by atoms with Gasteiger partial charge in [-0.3, -0.25) is 0 Å². The molecule has 0 saturated carbocycles. The Morgan fingerprint density at radius 1 is 1.10 bits per heavy atom. The Kier molecular flexibility index (Phi) is 5.92. The van der Waals surface area contributed by atoms with Gasteiger partial charge < -0.3 is 10.1 Å². The zero-order valence-corrected chi connectivity index (χ0v) is 13.7. The van der Waals surface area contributed by atoms with Crippen LogP contribution in [0.25, 0.3) is 0 Å². The minimum atomic E-state index is 0.287. The molecule has 2 aromatic rings. The maximum absolute atomic E-state index is 6.02. The van der Waals surface area contributed by atoms with Crippen molar-refractivity contribution in [2.45, 2.75) is 26.0 Å². The summed E-state index contributed by atoms with van der Waals surface area (Å²) in [7, 11) is 1.96. The van der Waals surface area contributed by atoms with Crippen LogP contribution in [0.5, 0.6) is 5.75 Å². The molecule has 1 atom stereocenters. The summed E-state index contributed by atoms with van der Waals surface area (Å²) in [6, 6.07) is 13.9. The average molecular weight is 324 g/mol. The highest BCUT2D eigenvalue weighted by Crippen LogP contribution is 2.28. The standard InChI is InChI=1S/C17H19Cl2NO/c1-3-16(20-2)13-6-4-5-7-17(13)21-11-12-8-9-14(18)15(19)10-12/h4-10,16,20H,3,11H2,1-2H3. The molecule has 0 aliphatic heterocycles. The molecule has 0 amide bonds. The van der Waals surface area contributed by atoms with E-state index in [2.05, 4.69) is 18.3 Å². The average Bonchev–Trinajstić information content (AvgIpc) is 2.51. The summed E-state index contributed by atoms with van der Waals surface area (Å²) in [5.41, 5.74) is 2.17. The summed E-state index contributed by atoms with van der Waals surface area (Å²) in [6.45, 7) is 2.62. The molecule has 0 saturated heterocycles. The van der Waals surface area contributed by atoms with E-state index in [0.717, 1.165) is 17.7 Å². The molecule has 2 aromatic carbocycles. The van der Waals surface area contributed by atoms with E-state index in [1.807, 2.05) is 37.4 Å². The van der Waals surface area contributed by atoms with Crippen molar-refractivity contribution < 1.29 is 4.74 Å². The molecular weight excluding hydrogens is 305 g/mol. The van der Waals surface area contributed by atoms with E-state index in [9.17, 15) is 0 Å². The quantitative estimate of drug-likeness (QED) is 0.784. The lowest BCUT2D eigenvalue weighted by molar-refractivity contribution is 0.299. The highest BCUT2D eigenvalue weighted by Gasteiger charge is 2.12. The van der Waals surface area contributed by atoms with Gasteiger partial charge in [-0.05, 0) is 37.2 Å². The zero-order valence-electron chi connectivity index (χ0n) is 12.2. The van der Waals surface area contributed by atoms with Gasteiger partial charge in [-0.2, -0.15) is 0 Å². The van der Waals surface area contributed by atoms with Crippen molar-refractivity contribution in [1.29, 1.82) is 0 Å². The first-order chi connectivity index (χ1) is 10.2. The number of hydrogen-bond acceptors (Lipinski definition) is 2. The molecule has 0 radical (unpaired) electrons. The Morgan fingerprint density at radius 2 is 1.86 bits per heavy atom. The number of benzene rings is 2. The van der Waals surface area contributed by atoms with Crippen molar-refractivity contribution in [3.63, 3.8) is 0 Å². The van der Waals surface area contributed by atoms with Crippen LogP contribution in [0, 0.1) is 0 Å². The molecule has 0 fully saturated rings. The predicted molar refractivity (Wildman–Crippen MR) is 89.3 cm³/mol. The van der Waals surface area contributed by atoms with Gasteiger partial charge in [0.15, 0.2) is 0 Å². The molecule has 0 heterocycles. The third-order valence-electron chi connectivity index (χ3n) is 3.43.